The molecule has 0 fully saturated rings. The van der Waals surface area contributed by atoms with Gasteiger partial charge in [-0.15, -0.1) is 0 Å². The predicted octanol–water partition coefficient (Wildman–Crippen LogP) is 4.82. The first kappa shape index (κ1) is 17.1. The van der Waals surface area contributed by atoms with Crippen molar-refractivity contribution in [2.45, 2.75) is 26.7 Å². The van der Waals surface area contributed by atoms with E-state index >= 15 is 0 Å². The van der Waals surface area contributed by atoms with Gasteiger partial charge in [-0.3, -0.25) is 4.79 Å². The minimum atomic E-state index is -1.16. The quantitative estimate of drug-likeness (QED) is 0.605. The monoisotopic (exact) mass is 310 g/mol. The maximum Gasteiger partial charge on any atom is 0.337 e. The van der Waals surface area contributed by atoms with Crippen LogP contribution in [0.15, 0.2) is 41.8 Å². The van der Waals surface area contributed by atoms with Crippen molar-refractivity contribution < 1.29 is 19.1 Å². The van der Waals surface area contributed by atoms with Crippen molar-refractivity contribution in [2.24, 2.45) is 0 Å². The van der Waals surface area contributed by atoms with E-state index in [4.69, 9.17) is 16.7 Å². The van der Waals surface area contributed by atoms with Crippen LogP contribution in [0.1, 0.15) is 47.4 Å². The number of hydrogen-bond donors (Lipinski definition) is 1. The number of carbonyl (C=O) groups is 2. The third kappa shape index (κ3) is 4.83. The molecule has 0 saturated carbocycles. The number of ketones is 1. The van der Waals surface area contributed by atoms with Gasteiger partial charge in [0.25, 0.3) is 0 Å². The fourth-order valence-corrected chi connectivity index (χ4v) is 1.95. The number of aromatic carboxylic acids is 1. The fourth-order valence-electron chi connectivity index (χ4n) is 1.69. The summed E-state index contributed by atoms with van der Waals surface area (Å²) in [4.78, 5) is 23.0. The number of halogens is 2. The molecule has 0 unspecified atom stereocenters. The van der Waals surface area contributed by atoms with Crippen molar-refractivity contribution in [3.63, 3.8) is 0 Å². The lowest BCUT2D eigenvalue weighted by Gasteiger charge is -2.05. The lowest BCUT2D eigenvalue weighted by Crippen LogP contribution is -2.04. The van der Waals surface area contributed by atoms with Gasteiger partial charge in [0.2, 0.25) is 0 Å². The summed E-state index contributed by atoms with van der Waals surface area (Å²) >= 11 is 5.82. The maximum atomic E-state index is 13.4. The molecular formula is C16H16ClFO3. The lowest BCUT2D eigenvalue weighted by atomic mass is 10.0. The van der Waals surface area contributed by atoms with Gasteiger partial charge in [-0.1, -0.05) is 36.7 Å². The summed E-state index contributed by atoms with van der Waals surface area (Å²) in [6.45, 7) is 3.21. The maximum absolute atomic E-state index is 13.4. The van der Waals surface area contributed by atoms with Crippen LogP contribution in [0.25, 0.3) is 0 Å². The SMILES string of the molecule is CC/C=C\C(CC(=O)c1ccc(C(=O)O)c(Cl)c1)=C(/C)F. The number of hydrogen-bond acceptors (Lipinski definition) is 2. The molecule has 0 bridgehead atoms. The number of benzene rings is 1. The van der Waals surface area contributed by atoms with Crippen molar-refractivity contribution in [3.8, 4) is 0 Å². The Balaban J connectivity index is 2.99. The van der Waals surface area contributed by atoms with Gasteiger partial charge >= 0.3 is 5.97 Å². The minimum Gasteiger partial charge on any atom is -0.478 e. The molecular weight excluding hydrogens is 295 g/mol. The zero-order valence-electron chi connectivity index (χ0n) is 11.8. The molecule has 3 nitrogen and oxygen atoms in total. The van der Waals surface area contributed by atoms with E-state index in [2.05, 4.69) is 0 Å². The first-order chi connectivity index (χ1) is 9.86. The molecule has 1 N–H and O–H groups in total. The number of Topliss-reactive ketones (excluding diaryl/α,β-unsaturated/α-hetero) is 1. The van der Waals surface area contributed by atoms with Crippen LogP contribution in [-0.4, -0.2) is 16.9 Å². The highest BCUT2D eigenvalue weighted by Crippen LogP contribution is 2.21. The van der Waals surface area contributed by atoms with Crippen molar-refractivity contribution in [1.29, 1.82) is 0 Å². The molecule has 21 heavy (non-hydrogen) atoms. The van der Waals surface area contributed by atoms with Gasteiger partial charge in [-0.05, 0) is 31.1 Å². The zero-order chi connectivity index (χ0) is 16.0. The van der Waals surface area contributed by atoms with E-state index in [0.29, 0.717) is 5.57 Å². The molecule has 5 heteroatoms. The summed E-state index contributed by atoms with van der Waals surface area (Å²) < 4.78 is 13.4. The van der Waals surface area contributed by atoms with Gasteiger partial charge in [0.1, 0.15) is 5.83 Å². The van der Waals surface area contributed by atoms with Crippen LogP contribution in [0.2, 0.25) is 5.02 Å². The summed E-state index contributed by atoms with van der Waals surface area (Å²) in [6.07, 6.45) is 4.00. The molecule has 0 radical (unpaired) electrons. The van der Waals surface area contributed by atoms with E-state index in [1.807, 2.05) is 6.92 Å². The second-order valence-electron chi connectivity index (χ2n) is 4.47. The van der Waals surface area contributed by atoms with E-state index in [9.17, 15) is 14.0 Å². The number of carboxylic acids is 1. The summed E-state index contributed by atoms with van der Waals surface area (Å²) in [5.74, 6) is -1.90. The molecule has 0 aliphatic heterocycles. The Morgan fingerprint density at radius 1 is 1.38 bits per heavy atom. The van der Waals surface area contributed by atoms with Crippen molar-refractivity contribution in [1.82, 2.24) is 0 Å². The highest BCUT2D eigenvalue weighted by atomic mass is 35.5. The van der Waals surface area contributed by atoms with Gasteiger partial charge in [-0.2, -0.15) is 0 Å². The first-order valence-electron chi connectivity index (χ1n) is 6.44. The number of carboxylic acid groups (broad SMARTS) is 1. The molecule has 0 aromatic heterocycles. The van der Waals surface area contributed by atoms with E-state index in [-0.39, 0.29) is 28.4 Å². The summed E-state index contributed by atoms with van der Waals surface area (Å²) in [6, 6.07) is 3.94. The van der Waals surface area contributed by atoms with E-state index in [0.717, 1.165) is 6.42 Å². The van der Waals surface area contributed by atoms with E-state index < -0.39 is 11.8 Å². The second kappa shape index (κ2) is 7.74. The topological polar surface area (TPSA) is 54.4 Å². The first-order valence-corrected chi connectivity index (χ1v) is 6.82. The Hall–Kier alpha value is -1.94. The zero-order valence-corrected chi connectivity index (χ0v) is 12.6. The highest BCUT2D eigenvalue weighted by molar-refractivity contribution is 6.33. The molecule has 0 heterocycles. The Labute approximate surface area is 127 Å². The van der Waals surface area contributed by atoms with Crippen LogP contribution in [0, 0.1) is 0 Å². The number of allylic oxidation sites excluding steroid dienone is 4. The third-order valence-corrected chi connectivity index (χ3v) is 3.18. The van der Waals surface area contributed by atoms with Gasteiger partial charge in [0, 0.05) is 12.0 Å². The smallest absolute Gasteiger partial charge is 0.337 e. The summed E-state index contributed by atoms with van der Waals surface area (Å²) in [7, 11) is 0. The van der Waals surface area contributed by atoms with Crippen LogP contribution in [0.4, 0.5) is 4.39 Å². The number of rotatable bonds is 6. The van der Waals surface area contributed by atoms with Crippen molar-refractivity contribution in [3.05, 3.63) is 57.9 Å². The molecule has 0 amide bonds. The minimum absolute atomic E-state index is 0.0139. The van der Waals surface area contributed by atoms with Crippen molar-refractivity contribution in [2.75, 3.05) is 0 Å². The average Bonchev–Trinajstić information content (AvgIpc) is 2.42. The Morgan fingerprint density at radius 3 is 2.52 bits per heavy atom. The van der Waals surface area contributed by atoms with Crippen LogP contribution in [0.5, 0.6) is 0 Å². The lowest BCUT2D eigenvalue weighted by molar-refractivity contribution is 0.0696. The molecule has 1 aromatic rings. The standard InChI is InChI=1S/C16H16ClFO3/c1-3-4-5-11(10(2)18)9-15(19)12-6-7-13(16(20)21)14(17)8-12/h4-8H,3,9H2,1-2H3,(H,20,21)/b5-4-,11-10-. The van der Waals surface area contributed by atoms with E-state index in [1.54, 1.807) is 12.2 Å². The molecule has 1 aromatic carbocycles. The van der Waals surface area contributed by atoms with Crippen LogP contribution in [0.3, 0.4) is 0 Å². The molecule has 1 rings (SSSR count). The van der Waals surface area contributed by atoms with Crippen molar-refractivity contribution >= 4 is 23.4 Å². The Kier molecular flexibility index (Phi) is 6.31. The van der Waals surface area contributed by atoms with Crippen LogP contribution in [-0.2, 0) is 0 Å². The molecule has 0 saturated heterocycles. The molecule has 0 aliphatic carbocycles. The number of carbonyl (C=O) groups excluding carboxylic acids is 1. The average molecular weight is 311 g/mol. The predicted molar refractivity (Wildman–Crippen MR) is 80.6 cm³/mol. The Morgan fingerprint density at radius 2 is 2.05 bits per heavy atom. The fraction of sp³-hybridized carbons (Fsp3) is 0.250. The van der Waals surface area contributed by atoms with Crippen LogP contribution < -0.4 is 0 Å². The molecule has 0 aliphatic rings. The second-order valence-corrected chi connectivity index (χ2v) is 4.88. The van der Waals surface area contributed by atoms with Gasteiger partial charge in [0.05, 0.1) is 10.6 Å². The van der Waals surface area contributed by atoms with Crippen LogP contribution >= 0.6 is 11.6 Å². The summed E-state index contributed by atoms with van der Waals surface area (Å²) in [5.41, 5.74) is 0.491. The van der Waals surface area contributed by atoms with E-state index in [1.165, 1.54) is 25.1 Å². The van der Waals surface area contributed by atoms with Gasteiger partial charge in [-0.25, -0.2) is 9.18 Å². The summed E-state index contributed by atoms with van der Waals surface area (Å²) in [5, 5.41) is 8.86. The highest BCUT2D eigenvalue weighted by Gasteiger charge is 2.14. The molecule has 0 atom stereocenters. The molecule has 0 spiro atoms. The largest absolute Gasteiger partial charge is 0.478 e. The molecule has 112 valence electrons. The van der Waals surface area contributed by atoms with Gasteiger partial charge < -0.3 is 5.11 Å². The third-order valence-electron chi connectivity index (χ3n) is 2.87. The van der Waals surface area contributed by atoms with Gasteiger partial charge in [0.15, 0.2) is 5.78 Å². The normalized spacial score (nSPS) is 12.4. The Bertz CT molecular complexity index is 614.